The Bertz CT molecular complexity index is 626. The van der Waals surface area contributed by atoms with Crippen molar-refractivity contribution in [1.82, 2.24) is 4.31 Å². The second-order valence-electron chi connectivity index (χ2n) is 5.77. The number of aryl methyl sites for hydroxylation is 2. The van der Waals surface area contributed by atoms with E-state index >= 15 is 0 Å². The summed E-state index contributed by atoms with van der Waals surface area (Å²) >= 11 is 0. The Kier molecular flexibility index (Phi) is 5.02. The van der Waals surface area contributed by atoms with Gasteiger partial charge in [0.2, 0.25) is 10.0 Å². The zero-order chi connectivity index (χ0) is 15.5. The second kappa shape index (κ2) is 6.59. The van der Waals surface area contributed by atoms with Gasteiger partial charge in [-0.2, -0.15) is 9.57 Å². The highest BCUT2D eigenvalue weighted by Gasteiger charge is 2.34. The van der Waals surface area contributed by atoms with Gasteiger partial charge in [0.15, 0.2) is 0 Å². The molecule has 1 aliphatic rings. The normalized spacial score (nSPS) is 19.6. The van der Waals surface area contributed by atoms with Gasteiger partial charge in [0.25, 0.3) is 0 Å². The molecule has 0 spiro atoms. The van der Waals surface area contributed by atoms with E-state index in [1.165, 1.54) is 11.1 Å². The summed E-state index contributed by atoms with van der Waals surface area (Å²) in [7, 11) is -3.27. The van der Waals surface area contributed by atoms with Crippen LogP contribution in [-0.2, 0) is 10.0 Å². The highest BCUT2D eigenvalue weighted by atomic mass is 32.2. The Balaban J connectivity index is 2.22. The molecule has 1 fully saturated rings. The molecule has 0 amide bonds. The third kappa shape index (κ3) is 3.84. The SMILES string of the molecule is Cc1cc(C)cc([C@@H]2CCCN2S(=O)(=O)CCCC#N)c1. The van der Waals surface area contributed by atoms with Gasteiger partial charge >= 0.3 is 0 Å². The van der Waals surface area contributed by atoms with Crippen molar-refractivity contribution < 1.29 is 8.42 Å². The lowest BCUT2D eigenvalue weighted by Crippen LogP contribution is -2.32. The molecule has 0 unspecified atom stereocenters. The quantitative estimate of drug-likeness (QED) is 0.785. The highest BCUT2D eigenvalue weighted by Crippen LogP contribution is 2.35. The van der Waals surface area contributed by atoms with Gasteiger partial charge in [-0.1, -0.05) is 29.3 Å². The molecule has 1 atom stereocenters. The summed E-state index contributed by atoms with van der Waals surface area (Å²) in [5, 5.41) is 8.56. The van der Waals surface area contributed by atoms with Gasteiger partial charge in [-0.15, -0.1) is 0 Å². The van der Waals surface area contributed by atoms with Crippen LogP contribution in [0.15, 0.2) is 18.2 Å². The third-order valence-electron chi connectivity index (χ3n) is 3.88. The van der Waals surface area contributed by atoms with E-state index in [4.69, 9.17) is 5.26 Å². The van der Waals surface area contributed by atoms with Gasteiger partial charge < -0.3 is 0 Å². The van der Waals surface area contributed by atoms with Crippen LogP contribution in [0.4, 0.5) is 0 Å². The number of nitrogens with zero attached hydrogens (tertiary/aromatic N) is 2. The molecule has 0 saturated carbocycles. The van der Waals surface area contributed by atoms with E-state index in [1.807, 2.05) is 19.9 Å². The first-order valence-electron chi connectivity index (χ1n) is 7.39. The molecule has 1 aromatic carbocycles. The number of sulfonamides is 1. The Labute approximate surface area is 127 Å². The smallest absolute Gasteiger partial charge is 0.212 e. The lowest BCUT2D eigenvalue weighted by molar-refractivity contribution is 0.396. The van der Waals surface area contributed by atoms with Crippen LogP contribution in [0.1, 0.15) is 48.4 Å². The van der Waals surface area contributed by atoms with E-state index in [0.717, 1.165) is 18.4 Å². The molecule has 0 aromatic heterocycles. The minimum Gasteiger partial charge on any atom is -0.212 e. The minimum absolute atomic E-state index is 0.0457. The van der Waals surface area contributed by atoms with Crippen LogP contribution in [0.25, 0.3) is 0 Å². The number of rotatable bonds is 5. The van der Waals surface area contributed by atoms with E-state index in [1.54, 1.807) is 4.31 Å². The fourth-order valence-corrected chi connectivity index (χ4v) is 4.83. The summed E-state index contributed by atoms with van der Waals surface area (Å²) in [4.78, 5) is 0. The average Bonchev–Trinajstić information content (AvgIpc) is 2.87. The fraction of sp³-hybridized carbons (Fsp3) is 0.562. The molecule has 5 heteroatoms. The summed E-state index contributed by atoms with van der Waals surface area (Å²) in [6.45, 7) is 4.67. The molecule has 114 valence electrons. The molecule has 0 N–H and O–H groups in total. The van der Waals surface area contributed by atoms with E-state index in [2.05, 4.69) is 18.2 Å². The molecular weight excluding hydrogens is 284 g/mol. The summed E-state index contributed by atoms with van der Waals surface area (Å²) in [5.74, 6) is 0.0713. The van der Waals surface area contributed by atoms with Crippen LogP contribution < -0.4 is 0 Å². The van der Waals surface area contributed by atoms with E-state index < -0.39 is 10.0 Å². The Morgan fingerprint density at radius 3 is 2.57 bits per heavy atom. The molecule has 0 aliphatic carbocycles. The predicted molar refractivity (Wildman–Crippen MR) is 83.2 cm³/mol. The maximum absolute atomic E-state index is 12.5. The van der Waals surface area contributed by atoms with Crippen LogP contribution in [0, 0.1) is 25.2 Å². The van der Waals surface area contributed by atoms with E-state index in [0.29, 0.717) is 19.4 Å². The van der Waals surface area contributed by atoms with Crippen molar-refractivity contribution in [1.29, 1.82) is 5.26 Å². The standard InChI is InChI=1S/C16H22N2O2S/c1-13-10-14(2)12-15(11-13)16-6-5-8-18(16)21(19,20)9-4-3-7-17/h10-12,16H,3-6,8-9H2,1-2H3/t16-/m0/s1. The van der Waals surface area contributed by atoms with Gasteiger partial charge in [-0.3, -0.25) is 0 Å². The molecular formula is C16H22N2O2S. The first kappa shape index (κ1) is 16.0. The van der Waals surface area contributed by atoms with Crippen molar-refractivity contribution in [3.63, 3.8) is 0 Å². The van der Waals surface area contributed by atoms with Crippen LogP contribution in [0.3, 0.4) is 0 Å². The molecule has 1 heterocycles. The summed E-state index contributed by atoms with van der Waals surface area (Å²) < 4.78 is 26.6. The Hall–Kier alpha value is -1.38. The lowest BCUT2D eigenvalue weighted by Gasteiger charge is -2.25. The van der Waals surface area contributed by atoms with Crippen molar-refractivity contribution in [2.75, 3.05) is 12.3 Å². The zero-order valence-electron chi connectivity index (χ0n) is 12.7. The molecule has 1 aliphatic heterocycles. The molecule has 0 radical (unpaired) electrons. The highest BCUT2D eigenvalue weighted by molar-refractivity contribution is 7.89. The molecule has 1 saturated heterocycles. The zero-order valence-corrected chi connectivity index (χ0v) is 13.5. The van der Waals surface area contributed by atoms with Gasteiger partial charge in [-0.25, -0.2) is 8.42 Å². The number of benzene rings is 1. The average molecular weight is 306 g/mol. The number of unbranched alkanes of at least 4 members (excludes halogenated alkanes) is 1. The topological polar surface area (TPSA) is 61.2 Å². The van der Waals surface area contributed by atoms with E-state index in [-0.39, 0.29) is 11.8 Å². The number of hydrogen-bond acceptors (Lipinski definition) is 3. The number of nitriles is 1. The number of hydrogen-bond donors (Lipinski definition) is 0. The molecule has 0 bridgehead atoms. The van der Waals surface area contributed by atoms with Crippen LogP contribution in [0.5, 0.6) is 0 Å². The fourth-order valence-electron chi connectivity index (χ4n) is 3.06. The largest absolute Gasteiger partial charge is 0.214 e. The molecule has 1 aromatic rings. The van der Waals surface area contributed by atoms with Crippen molar-refractivity contribution in [3.05, 3.63) is 34.9 Å². The van der Waals surface area contributed by atoms with Crippen molar-refractivity contribution in [3.8, 4) is 6.07 Å². The summed E-state index contributed by atoms with van der Waals surface area (Å²) in [5.41, 5.74) is 3.42. The van der Waals surface area contributed by atoms with Gasteiger partial charge in [-0.05, 0) is 38.7 Å². The maximum atomic E-state index is 12.5. The van der Waals surface area contributed by atoms with Gasteiger partial charge in [0.05, 0.1) is 11.8 Å². The van der Waals surface area contributed by atoms with Crippen molar-refractivity contribution >= 4 is 10.0 Å². The Morgan fingerprint density at radius 2 is 1.95 bits per heavy atom. The van der Waals surface area contributed by atoms with Crippen LogP contribution >= 0.6 is 0 Å². The molecule has 2 rings (SSSR count). The lowest BCUT2D eigenvalue weighted by atomic mass is 10.0. The van der Waals surface area contributed by atoms with Gasteiger partial charge in [0.1, 0.15) is 0 Å². The third-order valence-corrected chi connectivity index (χ3v) is 5.84. The van der Waals surface area contributed by atoms with Crippen LogP contribution in [-0.4, -0.2) is 25.0 Å². The first-order valence-corrected chi connectivity index (χ1v) is 8.99. The van der Waals surface area contributed by atoms with Crippen molar-refractivity contribution in [2.24, 2.45) is 0 Å². The van der Waals surface area contributed by atoms with Gasteiger partial charge in [0, 0.05) is 19.0 Å². The first-order chi connectivity index (χ1) is 9.94. The summed E-state index contributed by atoms with van der Waals surface area (Å²) in [6.07, 6.45) is 2.48. The van der Waals surface area contributed by atoms with Crippen molar-refractivity contribution in [2.45, 2.75) is 45.6 Å². The molecule has 4 nitrogen and oxygen atoms in total. The molecule has 21 heavy (non-hydrogen) atoms. The minimum atomic E-state index is -3.27. The van der Waals surface area contributed by atoms with E-state index in [9.17, 15) is 8.42 Å². The van der Waals surface area contributed by atoms with Crippen LogP contribution in [0.2, 0.25) is 0 Å². The summed E-state index contributed by atoms with van der Waals surface area (Å²) in [6, 6.07) is 8.23. The maximum Gasteiger partial charge on any atom is 0.214 e. The monoisotopic (exact) mass is 306 g/mol. The second-order valence-corrected chi connectivity index (χ2v) is 7.81. The predicted octanol–water partition coefficient (Wildman–Crippen LogP) is 3.07. The Morgan fingerprint density at radius 1 is 1.29 bits per heavy atom.